The van der Waals surface area contributed by atoms with E-state index in [9.17, 15) is 0 Å². The van der Waals surface area contributed by atoms with Gasteiger partial charge < -0.3 is 9.79 Å². The number of rotatable bonds is 0. The minimum absolute atomic E-state index is 1.13. The van der Waals surface area contributed by atoms with Crippen molar-refractivity contribution in [2.45, 2.75) is 6.92 Å². The lowest BCUT2D eigenvalue weighted by Crippen LogP contribution is -1.63. The average molecular weight is 196 g/mol. The molecule has 7 heteroatoms. The molecule has 0 saturated carbocycles. The maximum atomic E-state index is 8.77. The summed E-state index contributed by atoms with van der Waals surface area (Å²) in [5.74, 6) is 0. The van der Waals surface area contributed by atoms with Crippen molar-refractivity contribution in [2.75, 3.05) is 0 Å². The Labute approximate surface area is 67.6 Å². The fourth-order valence-corrected chi connectivity index (χ4v) is 0.735. The van der Waals surface area contributed by atoms with Crippen molar-refractivity contribution >= 4 is 19.2 Å². The molecule has 1 aromatic rings. The quantitative estimate of drug-likeness (QED) is 0.604. The van der Waals surface area contributed by atoms with Crippen molar-refractivity contribution in [3.63, 3.8) is 0 Å². The summed E-state index contributed by atoms with van der Waals surface area (Å²) in [6, 6.07) is 0. The first kappa shape index (κ1) is 10.7. The Balaban J connectivity index is 0.000000187. The van der Waals surface area contributed by atoms with E-state index in [2.05, 4.69) is 4.98 Å². The fourth-order valence-electron chi connectivity index (χ4n) is 0.295. The van der Waals surface area contributed by atoms with E-state index in [0.717, 1.165) is 5.01 Å². The molecule has 1 radical (unpaired) electrons. The molecule has 63 valence electrons. The minimum atomic E-state index is -4.89. The highest BCUT2D eigenvalue weighted by molar-refractivity contribution is 7.44. The van der Waals surface area contributed by atoms with Gasteiger partial charge in [0.2, 0.25) is 0 Å². The summed E-state index contributed by atoms with van der Waals surface area (Å²) in [6.45, 7) is 1.99. The zero-order valence-corrected chi connectivity index (χ0v) is 7.38. The molecule has 1 heterocycles. The van der Waals surface area contributed by atoms with Crippen molar-refractivity contribution in [2.24, 2.45) is 0 Å². The molecule has 11 heavy (non-hydrogen) atoms. The van der Waals surface area contributed by atoms with E-state index in [1.54, 1.807) is 17.5 Å². The van der Waals surface area contributed by atoms with Gasteiger partial charge in [-0.3, -0.25) is 4.98 Å². The SMILES string of the molecule is Cc1nccs1.[O]P(=O)(O)O. The molecule has 0 aliphatic rings. The molecule has 5 nitrogen and oxygen atoms in total. The Morgan fingerprint density at radius 1 is 1.64 bits per heavy atom. The van der Waals surface area contributed by atoms with Gasteiger partial charge in [-0.05, 0) is 6.92 Å². The molecule has 0 aromatic carbocycles. The van der Waals surface area contributed by atoms with E-state index in [-0.39, 0.29) is 0 Å². The number of hydrogen-bond acceptors (Lipinski definition) is 3. The van der Waals surface area contributed by atoms with Gasteiger partial charge in [0.1, 0.15) is 0 Å². The normalized spacial score (nSPS) is 10.2. The number of nitrogens with zero attached hydrogens (tertiary/aromatic N) is 1. The molecule has 0 unspecified atom stereocenters. The molecule has 0 atom stereocenters. The lowest BCUT2D eigenvalue weighted by molar-refractivity contribution is 0.235. The van der Waals surface area contributed by atoms with E-state index in [1.165, 1.54) is 0 Å². The number of aromatic nitrogens is 1. The van der Waals surface area contributed by atoms with Crippen LogP contribution in [0, 0.1) is 6.92 Å². The second-order valence-electron chi connectivity index (χ2n) is 1.54. The van der Waals surface area contributed by atoms with Crippen molar-refractivity contribution in [3.05, 3.63) is 16.6 Å². The van der Waals surface area contributed by atoms with E-state index >= 15 is 0 Å². The number of thiazole rings is 1. The molecule has 0 aliphatic carbocycles. The first-order chi connectivity index (χ1) is 4.89. The fraction of sp³-hybridized carbons (Fsp3) is 0.250. The van der Waals surface area contributed by atoms with Gasteiger partial charge in [-0.1, -0.05) is 0 Å². The summed E-state index contributed by atoms with van der Waals surface area (Å²) >= 11 is 1.67. The van der Waals surface area contributed by atoms with Crippen LogP contribution >= 0.6 is 19.2 Å². The maximum absolute atomic E-state index is 8.77. The summed E-state index contributed by atoms with van der Waals surface area (Å²) in [6.07, 6.45) is 1.81. The molecule has 0 saturated heterocycles. The molecule has 0 fully saturated rings. The summed E-state index contributed by atoms with van der Waals surface area (Å²) in [5, 5.41) is 3.10. The van der Waals surface area contributed by atoms with Gasteiger partial charge in [0.05, 0.1) is 5.01 Å². The third-order valence-electron chi connectivity index (χ3n) is 0.556. The largest absolute Gasteiger partial charge is 0.497 e. The first-order valence-electron chi connectivity index (χ1n) is 2.52. The second kappa shape index (κ2) is 4.58. The van der Waals surface area contributed by atoms with Gasteiger partial charge in [-0.15, -0.1) is 16.2 Å². The lowest BCUT2D eigenvalue weighted by Gasteiger charge is -1.78. The molecule has 1 aromatic heterocycles. The topological polar surface area (TPSA) is 90.3 Å². The van der Waals surface area contributed by atoms with Crippen molar-refractivity contribution in [1.82, 2.24) is 4.98 Å². The van der Waals surface area contributed by atoms with Crippen LogP contribution in [0.4, 0.5) is 0 Å². The van der Waals surface area contributed by atoms with Crippen LogP contribution in [0.25, 0.3) is 0 Å². The Bertz CT molecular complexity index is 222. The molecular formula is C4H7NO4PS. The van der Waals surface area contributed by atoms with Gasteiger partial charge in [-0.25, -0.2) is 4.57 Å². The highest BCUT2D eigenvalue weighted by atomic mass is 32.1. The molecule has 0 amide bonds. The predicted molar refractivity (Wildman–Crippen MR) is 39.6 cm³/mol. The highest BCUT2D eigenvalue weighted by Crippen LogP contribution is 2.27. The third kappa shape index (κ3) is 12.8. The standard InChI is InChI=1S/C4H5NS.H2O4P/c1-4-5-2-3-6-4;1-5(2,3)4/h2-3H,1H3;(H2,1,2,3). The molecule has 1 rings (SSSR count). The van der Waals surface area contributed by atoms with Gasteiger partial charge in [0.25, 0.3) is 0 Å². The van der Waals surface area contributed by atoms with Gasteiger partial charge in [0.15, 0.2) is 0 Å². The molecular weight excluding hydrogens is 189 g/mol. The monoisotopic (exact) mass is 196 g/mol. The smallest absolute Gasteiger partial charge is 0.301 e. The molecule has 0 spiro atoms. The summed E-state index contributed by atoms with van der Waals surface area (Å²) in [5.41, 5.74) is 0. The minimum Gasteiger partial charge on any atom is -0.301 e. The zero-order valence-electron chi connectivity index (χ0n) is 5.67. The van der Waals surface area contributed by atoms with Crippen LogP contribution in [0.1, 0.15) is 5.01 Å². The first-order valence-corrected chi connectivity index (χ1v) is 4.93. The van der Waals surface area contributed by atoms with E-state index < -0.39 is 7.82 Å². The van der Waals surface area contributed by atoms with Crippen LogP contribution in [0.15, 0.2) is 11.6 Å². The summed E-state index contributed by atoms with van der Waals surface area (Å²) in [7, 11) is -4.89. The predicted octanol–water partition coefficient (Wildman–Crippen LogP) is 0.961. The number of hydrogen-bond donors (Lipinski definition) is 2. The van der Waals surface area contributed by atoms with Crippen LogP contribution < -0.4 is 0 Å². The van der Waals surface area contributed by atoms with Crippen molar-refractivity contribution in [1.29, 1.82) is 0 Å². The van der Waals surface area contributed by atoms with Crippen LogP contribution in [0.3, 0.4) is 0 Å². The van der Waals surface area contributed by atoms with Gasteiger partial charge >= 0.3 is 7.82 Å². The number of aryl methyl sites for hydroxylation is 1. The average Bonchev–Trinajstić information content (AvgIpc) is 2.12. The van der Waals surface area contributed by atoms with Crippen LogP contribution in [0.2, 0.25) is 0 Å². The van der Waals surface area contributed by atoms with E-state index in [1.807, 2.05) is 12.3 Å². The van der Waals surface area contributed by atoms with Gasteiger partial charge in [-0.2, -0.15) is 0 Å². The summed E-state index contributed by atoms with van der Waals surface area (Å²) < 4.78 is 8.77. The maximum Gasteiger partial charge on any atom is 0.497 e. The zero-order chi connectivity index (χ0) is 8.91. The Morgan fingerprint density at radius 2 is 2.09 bits per heavy atom. The van der Waals surface area contributed by atoms with Crippen molar-refractivity contribution < 1.29 is 19.2 Å². The van der Waals surface area contributed by atoms with Crippen molar-refractivity contribution in [3.8, 4) is 0 Å². The third-order valence-corrected chi connectivity index (χ3v) is 1.26. The van der Waals surface area contributed by atoms with E-state index in [0.29, 0.717) is 0 Å². The molecule has 0 bridgehead atoms. The van der Waals surface area contributed by atoms with Crippen LogP contribution in [0.5, 0.6) is 0 Å². The summed E-state index contributed by atoms with van der Waals surface area (Å²) in [4.78, 5) is 26.9. The second-order valence-corrected chi connectivity index (χ2v) is 3.62. The molecule has 0 aliphatic heterocycles. The Morgan fingerprint density at radius 3 is 2.18 bits per heavy atom. The Kier molecular flexibility index (Phi) is 4.48. The highest BCUT2D eigenvalue weighted by Gasteiger charge is 2.04. The Hall–Kier alpha value is -0.260. The van der Waals surface area contributed by atoms with E-state index in [4.69, 9.17) is 19.2 Å². The van der Waals surface area contributed by atoms with Crippen LogP contribution in [-0.2, 0) is 9.46 Å². The lowest BCUT2D eigenvalue weighted by atomic mass is 10.8. The van der Waals surface area contributed by atoms with Crippen LogP contribution in [-0.4, -0.2) is 14.8 Å². The van der Waals surface area contributed by atoms with Gasteiger partial charge in [0, 0.05) is 11.6 Å². The molecule has 2 N–H and O–H groups in total.